The Balaban J connectivity index is 1.69. The minimum atomic E-state index is -0.296. The number of nitrogens with zero attached hydrogens (tertiary/aromatic N) is 3. The Morgan fingerprint density at radius 3 is 2.31 bits per heavy atom. The number of amides is 1. The predicted octanol–water partition coefficient (Wildman–Crippen LogP) is 3.77. The summed E-state index contributed by atoms with van der Waals surface area (Å²) < 4.78 is 10.5. The molecule has 3 rings (SSSR count). The molecule has 0 atom stereocenters. The van der Waals surface area contributed by atoms with Crippen LogP contribution >= 0.6 is 0 Å². The normalized spacial score (nSPS) is 10.3. The maximum Gasteiger partial charge on any atom is 0.258 e. The summed E-state index contributed by atoms with van der Waals surface area (Å²) in [5.74, 6) is 1.42. The van der Waals surface area contributed by atoms with Crippen molar-refractivity contribution in [1.29, 1.82) is 0 Å². The molecule has 0 saturated heterocycles. The quantitative estimate of drug-likeness (QED) is 0.629. The van der Waals surface area contributed by atoms with E-state index in [0.29, 0.717) is 35.2 Å². The van der Waals surface area contributed by atoms with Crippen molar-refractivity contribution in [2.24, 2.45) is 0 Å². The van der Waals surface area contributed by atoms with Gasteiger partial charge in [0.15, 0.2) is 11.5 Å². The summed E-state index contributed by atoms with van der Waals surface area (Å²) in [4.78, 5) is 23.3. The van der Waals surface area contributed by atoms with Crippen molar-refractivity contribution in [3.8, 4) is 11.5 Å². The number of benzene rings is 2. The molecule has 3 aromatic rings. The molecule has 7 heteroatoms. The molecule has 0 unspecified atom stereocenters. The molecule has 0 fully saturated rings. The third kappa shape index (κ3) is 5.01. The smallest absolute Gasteiger partial charge is 0.258 e. The van der Waals surface area contributed by atoms with Crippen molar-refractivity contribution >= 4 is 17.5 Å². The van der Waals surface area contributed by atoms with Gasteiger partial charge in [-0.05, 0) is 24.6 Å². The number of ether oxygens (including phenoxy) is 2. The first-order valence-corrected chi connectivity index (χ1v) is 9.29. The van der Waals surface area contributed by atoms with Gasteiger partial charge in [-0.2, -0.15) is 0 Å². The Bertz CT molecular complexity index is 946. The molecule has 150 valence electrons. The SMILES string of the molecule is CCN(Cc1ccccc1)c1ncc(C(=O)Nc2ccc(OC)c(OC)c2)cn1. The molecule has 1 heterocycles. The highest BCUT2D eigenvalue weighted by Crippen LogP contribution is 2.29. The molecule has 0 bridgehead atoms. The molecule has 0 saturated carbocycles. The molecule has 0 radical (unpaired) electrons. The summed E-state index contributed by atoms with van der Waals surface area (Å²) in [5, 5.41) is 2.82. The fourth-order valence-corrected chi connectivity index (χ4v) is 2.85. The molecule has 1 aromatic heterocycles. The number of nitrogens with one attached hydrogen (secondary N) is 1. The van der Waals surface area contributed by atoms with E-state index < -0.39 is 0 Å². The van der Waals surface area contributed by atoms with Crippen molar-refractivity contribution < 1.29 is 14.3 Å². The summed E-state index contributed by atoms with van der Waals surface area (Å²) >= 11 is 0. The second-order valence-electron chi connectivity index (χ2n) is 6.30. The summed E-state index contributed by atoms with van der Waals surface area (Å²) in [7, 11) is 3.11. The lowest BCUT2D eigenvalue weighted by atomic mass is 10.2. The van der Waals surface area contributed by atoms with E-state index in [1.807, 2.05) is 30.0 Å². The first-order valence-electron chi connectivity index (χ1n) is 9.29. The lowest BCUT2D eigenvalue weighted by Crippen LogP contribution is -2.24. The standard InChI is InChI=1S/C22H24N4O3/c1-4-26(15-16-8-6-5-7-9-16)22-23-13-17(14-24-22)21(27)25-18-10-11-19(28-2)20(12-18)29-3/h5-14H,4,15H2,1-3H3,(H,25,27). The van der Waals surface area contributed by atoms with E-state index in [2.05, 4.69) is 27.4 Å². The number of carbonyl (C=O) groups excluding carboxylic acids is 1. The monoisotopic (exact) mass is 392 g/mol. The lowest BCUT2D eigenvalue weighted by molar-refractivity contribution is 0.102. The third-order valence-electron chi connectivity index (χ3n) is 4.42. The molecular weight excluding hydrogens is 368 g/mol. The summed E-state index contributed by atoms with van der Waals surface area (Å²) in [6, 6.07) is 15.3. The van der Waals surface area contributed by atoms with E-state index in [4.69, 9.17) is 9.47 Å². The van der Waals surface area contributed by atoms with E-state index in [1.165, 1.54) is 18.0 Å². The first-order chi connectivity index (χ1) is 14.1. The number of hydrogen-bond acceptors (Lipinski definition) is 6. The van der Waals surface area contributed by atoms with E-state index in [-0.39, 0.29) is 5.91 Å². The summed E-state index contributed by atoms with van der Waals surface area (Å²) in [5.41, 5.74) is 2.14. The zero-order valence-corrected chi connectivity index (χ0v) is 16.8. The van der Waals surface area contributed by atoms with Gasteiger partial charge in [-0.25, -0.2) is 9.97 Å². The predicted molar refractivity (Wildman–Crippen MR) is 113 cm³/mol. The second kappa shape index (κ2) is 9.54. The van der Waals surface area contributed by atoms with Crippen molar-refractivity contribution in [2.75, 3.05) is 31.0 Å². The second-order valence-corrected chi connectivity index (χ2v) is 6.30. The number of hydrogen-bond donors (Lipinski definition) is 1. The van der Waals surface area contributed by atoms with Crippen LogP contribution in [0.2, 0.25) is 0 Å². The van der Waals surface area contributed by atoms with Crippen LogP contribution < -0.4 is 19.7 Å². The van der Waals surface area contributed by atoms with Crippen molar-refractivity contribution in [3.63, 3.8) is 0 Å². The molecule has 2 aromatic carbocycles. The molecular formula is C22H24N4O3. The van der Waals surface area contributed by atoms with E-state index >= 15 is 0 Å². The number of rotatable bonds is 8. The van der Waals surface area contributed by atoms with Crippen LogP contribution in [0.5, 0.6) is 11.5 Å². The largest absolute Gasteiger partial charge is 0.493 e. The van der Waals surface area contributed by atoms with Gasteiger partial charge in [0.1, 0.15) is 0 Å². The molecule has 0 aliphatic rings. The topological polar surface area (TPSA) is 76.6 Å². The molecule has 0 aliphatic heterocycles. The Morgan fingerprint density at radius 2 is 1.69 bits per heavy atom. The minimum Gasteiger partial charge on any atom is -0.493 e. The molecule has 0 spiro atoms. The maximum atomic E-state index is 12.5. The van der Waals surface area contributed by atoms with Crippen LogP contribution in [0.15, 0.2) is 60.9 Å². The van der Waals surface area contributed by atoms with Gasteiger partial charge in [-0.15, -0.1) is 0 Å². The highest BCUT2D eigenvalue weighted by atomic mass is 16.5. The first kappa shape index (κ1) is 20.1. The molecule has 1 amide bonds. The maximum absolute atomic E-state index is 12.5. The zero-order chi connectivity index (χ0) is 20.6. The van der Waals surface area contributed by atoms with Gasteiger partial charge in [0.25, 0.3) is 5.91 Å². The average molecular weight is 392 g/mol. The van der Waals surface area contributed by atoms with Crippen LogP contribution in [0.1, 0.15) is 22.8 Å². The van der Waals surface area contributed by atoms with Crippen LogP contribution in [0.25, 0.3) is 0 Å². The van der Waals surface area contributed by atoms with Gasteiger partial charge in [0.05, 0.1) is 19.8 Å². The number of aromatic nitrogens is 2. The van der Waals surface area contributed by atoms with Gasteiger partial charge in [0.2, 0.25) is 5.95 Å². The Kier molecular flexibility index (Phi) is 6.63. The highest BCUT2D eigenvalue weighted by Gasteiger charge is 2.13. The van der Waals surface area contributed by atoms with Crippen molar-refractivity contribution in [3.05, 3.63) is 72.1 Å². The minimum absolute atomic E-state index is 0.296. The number of methoxy groups -OCH3 is 2. The summed E-state index contributed by atoms with van der Waals surface area (Å²) in [6.45, 7) is 3.50. The number of anilines is 2. The van der Waals surface area contributed by atoms with Crippen molar-refractivity contribution in [1.82, 2.24) is 9.97 Å². The fraction of sp³-hybridized carbons (Fsp3) is 0.227. The molecule has 29 heavy (non-hydrogen) atoms. The van der Waals surface area contributed by atoms with Gasteiger partial charge >= 0.3 is 0 Å². The molecule has 0 aliphatic carbocycles. The molecule has 1 N–H and O–H groups in total. The van der Waals surface area contributed by atoms with Crippen molar-refractivity contribution in [2.45, 2.75) is 13.5 Å². The number of carbonyl (C=O) groups is 1. The Morgan fingerprint density at radius 1 is 1.00 bits per heavy atom. The van der Waals surface area contributed by atoms with Gasteiger partial charge in [0, 0.05) is 37.2 Å². The van der Waals surface area contributed by atoms with E-state index in [9.17, 15) is 4.79 Å². The lowest BCUT2D eigenvalue weighted by Gasteiger charge is -2.20. The van der Waals surface area contributed by atoms with Crippen LogP contribution in [-0.2, 0) is 6.54 Å². The van der Waals surface area contributed by atoms with Gasteiger partial charge in [-0.1, -0.05) is 30.3 Å². The zero-order valence-electron chi connectivity index (χ0n) is 16.8. The van der Waals surface area contributed by atoms with Crippen LogP contribution in [0.4, 0.5) is 11.6 Å². The van der Waals surface area contributed by atoms with Crippen LogP contribution in [0, 0.1) is 0 Å². The van der Waals surface area contributed by atoms with Crippen LogP contribution in [-0.4, -0.2) is 36.6 Å². The summed E-state index contributed by atoms with van der Waals surface area (Å²) in [6.07, 6.45) is 3.07. The Labute approximate surface area is 170 Å². The fourth-order valence-electron chi connectivity index (χ4n) is 2.85. The van der Waals surface area contributed by atoms with E-state index in [1.54, 1.807) is 32.4 Å². The van der Waals surface area contributed by atoms with Crippen LogP contribution in [0.3, 0.4) is 0 Å². The van der Waals surface area contributed by atoms with E-state index in [0.717, 1.165) is 6.54 Å². The third-order valence-corrected chi connectivity index (χ3v) is 4.42. The van der Waals surface area contributed by atoms with Gasteiger partial charge in [-0.3, -0.25) is 4.79 Å². The van der Waals surface area contributed by atoms with Gasteiger partial charge < -0.3 is 19.7 Å². The highest BCUT2D eigenvalue weighted by molar-refractivity contribution is 6.04. The average Bonchev–Trinajstić information content (AvgIpc) is 2.78. The Hall–Kier alpha value is -3.61. The molecule has 7 nitrogen and oxygen atoms in total.